The van der Waals surface area contributed by atoms with E-state index in [1.165, 1.54) is 0 Å². The number of carbonyl (C=O) groups is 2. The molecule has 0 aliphatic carbocycles. The Balaban J connectivity index is 0.00000841. The Morgan fingerprint density at radius 2 is 1.83 bits per heavy atom. The molecule has 0 aromatic rings. The second-order valence-electron chi connectivity index (χ2n) is 8.34. The molecule has 176 valence electrons. The first-order valence-electron chi connectivity index (χ1n) is 9.81. The fourth-order valence-corrected chi connectivity index (χ4v) is 3.06. The Morgan fingerprint density at radius 1 is 1.20 bits per heavy atom. The number of amides is 2. The molecule has 2 unspecified atom stereocenters. The van der Waals surface area contributed by atoms with Crippen molar-refractivity contribution in [1.82, 2.24) is 20.9 Å². The second kappa shape index (κ2) is 12.5. The van der Waals surface area contributed by atoms with E-state index in [2.05, 4.69) is 20.9 Å². The van der Waals surface area contributed by atoms with E-state index < -0.39 is 17.4 Å². The van der Waals surface area contributed by atoms with Gasteiger partial charge in [-0.15, -0.1) is 24.0 Å². The number of rotatable bonds is 7. The summed E-state index contributed by atoms with van der Waals surface area (Å²) in [5.74, 6) is 0.284. The molecule has 1 fully saturated rings. The average molecular weight is 543 g/mol. The van der Waals surface area contributed by atoms with Crippen molar-refractivity contribution in [2.75, 3.05) is 40.4 Å². The second-order valence-corrected chi connectivity index (χ2v) is 8.34. The molecule has 3 N–H and O–H groups in total. The molecule has 1 aliphatic heterocycles. The summed E-state index contributed by atoms with van der Waals surface area (Å²) in [4.78, 5) is 30.3. The lowest BCUT2D eigenvalue weighted by Crippen LogP contribution is -2.55. The van der Waals surface area contributed by atoms with Gasteiger partial charge in [-0.2, -0.15) is 0 Å². The summed E-state index contributed by atoms with van der Waals surface area (Å²) in [6.45, 7) is 12.4. The van der Waals surface area contributed by atoms with Gasteiger partial charge >= 0.3 is 6.09 Å². The van der Waals surface area contributed by atoms with Gasteiger partial charge in [-0.05, 0) is 41.5 Å². The first kappa shape index (κ1) is 28.7. The van der Waals surface area contributed by atoms with E-state index in [9.17, 15) is 9.59 Å². The Labute approximate surface area is 196 Å². The lowest BCUT2D eigenvalue weighted by Gasteiger charge is -2.35. The zero-order chi connectivity index (χ0) is 22.2. The van der Waals surface area contributed by atoms with Gasteiger partial charge in [-0.1, -0.05) is 0 Å². The minimum absolute atomic E-state index is 0. The van der Waals surface area contributed by atoms with Crippen molar-refractivity contribution in [2.24, 2.45) is 4.99 Å². The number of nitrogens with zero attached hydrogens (tertiary/aromatic N) is 2. The highest BCUT2D eigenvalue weighted by atomic mass is 127. The molecule has 30 heavy (non-hydrogen) atoms. The van der Waals surface area contributed by atoms with Crippen LogP contribution in [0.5, 0.6) is 0 Å². The van der Waals surface area contributed by atoms with E-state index >= 15 is 0 Å². The van der Waals surface area contributed by atoms with Gasteiger partial charge in [0.15, 0.2) is 5.96 Å². The van der Waals surface area contributed by atoms with Crippen LogP contribution in [-0.4, -0.2) is 86.7 Å². The van der Waals surface area contributed by atoms with Crippen LogP contribution in [0.4, 0.5) is 4.79 Å². The zero-order valence-electron chi connectivity index (χ0n) is 19.3. The first-order chi connectivity index (χ1) is 13.4. The Kier molecular flexibility index (Phi) is 11.9. The number of guanidine groups is 1. The molecule has 0 radical (unpaired) electrons. The van der Waals surface area contributed by atoms with Crippen LogP contribution < -0.4 is 16.0 Å². The number of hydrogen-bond donors (Lipinski definition) is 3. The van der Waals surface area contributed by atoms with Crippen molar-refractivity contribution in [3.8, 4) is 0 Å². The zero-order valence-corrected chi connectivity index (χ0v) is 21.7. The van der Waals surface area contributed by atoms with E-state index in [-0.39, 0.29) is 48.6 Å². The van der Waals surface area contributed by atoms with E-state index in [1.807, 2.05) is 41.5 Å². The molecule has 2 atom stereocenters. The maximum Gasteiger partial charge on any atom is 0.412 e. The Bertz CT molecular complexity index is 594. The molecule has 1 rings (SSSR count). The highest BCUT2D eigenvalue weighted by Crippen LogP contribution is 2.33. The van der Waals surface area contributed by atoms with Crippen LogP contribution in [0, 0.1) is 0 Å². The molecule has 11 heteroatoms. The molecule has 1 aliphatic rings. The van der Waals surface area contributed by atoms with Gasteiger partial charge < -0.3 is 30.2 Å². The van der Waals surface area contributed by atoms with Crippen molar-refractivity contribution < 1.29 is 23.8 Å². The molecule has 2 amide bonds. The van der Waals surface area contributed by atoms with E-state index in [0.29, 0.717) is 25.7 Å². The van der Waals surface area contributed by atoms with Crippen molar-refractivity contribution >= 4 is 41.9 Å². The lowest BCUT2D eigenvalue weighted by atomic mass is 10.1. The third-order valence-corrected chi connectivity index (χ3v) is 4.27. The third-order valence-electron chi connectivity index (χ3n) is 4.27. The van der Waals surface area contributed by atoms with Crippen LogP contribution in [0.2, 0.25) is 0 Å². The summed E-state index contributed by atoms with van der Waals surface area (Å²) in [6, 6.07) is -0.270. The number of carbonyl (C=O) groups excluding carboxylic acids is 2. The van der Waals surface area contributed by atoms with Crippen molar-refractivity contribution in [2.45, 2.75) is 65.0 Å². The van der Waals surface area contributed by atoms with Crippen molar-refractivity contribution in [3.05, 3.63) is 0 Å². The number of hydrogen-bond acceptors (Lipinski definition) is 6. The predicted molar refractivity (Wildman–Crippen MR) is 126 cm³/mol. The topological polar surface area (TPSA) is 114 Å². The smallest absolute Gasteiger partial charge is 0.412 e. The molecule has 10 nitrogen and oxygen atoms in total. The molecule has 1 saturated heterocycles. The van der Waals surface area contributed by atoms with Crippen LogP contribution in [-0.2, 0) is 19.0 Å². The number of halogens is 1. The van der Waals surface area contributed by atoms with E-state index in [1.54, 1.807) is 19.1 Å². The molecule has 0 spiro atoms. The monoisotopic (exact) mass is 543 g/mol. The fraction of sp³-hybridized carbons (Fsp3) is 0.842. The highest BCUT2D eigenvalue weighted by molar-refractivity contribution is 14.0. The van der Waals surface area contributed by atoms with Gasteiger partial charge in [0, 0.05) is 27.2 Å². The summed E-state index contributed by atoms with van der Waals surface area (Å²) in [5, 5.41) is 8.83. The molecule has 0 aromatic carbocycles. The molecular formula is C19H38IN5O5. The molecule has 0 aromatic heterocycles. The van der Waals surface area contributed by atoms with Crippen LogP contribution in [0.1, 0.15) is 41.5 Å². The number of nitrogens with one attached hydrogen (secondary N) is 3. The number of aliphatic imine (C=N–C) groups is 1. The molecular weight excluding hydrogens is 505 g/mol. The predicted octanol–water partition coefficient (Wildman–Crippen LogP) is 1.29. The summed E-state index contributed by atoms with van der Waals surface area (Å²) >= 11 is 0. The van der Waals surface area contributed by atoms with Crippen LogP contribution in [0.15, 0.2) is 4.99 Å². The average Bonchev–Trinajstić information content (AvgIpc) is 2.81. The number of methoxy groups -OCH3 is 1. The summed E-state index contributed by atoms with van der Waals surface area (Å²) in [6.07, 6.45) is -0.639. The maximum absolute atomic E-state index is 12.8. The van der Waals surface area contributed by atoms with Gasteiger partial charge in [0.25, 0.3) is 0 Å². The highest BCUT2D eigenvalue weighted by Gasteiger charge is 2.49. The minimum Gasteiger partial charge on any atom is -0.444 e. The van der Waals surface area contributed by atoms with Crippen molar-refractivity contribution in [1.29, 1.82) is 0 Å². The van der Waals surface area contributed by atoms with E-state index in [0.717, 1.165) is 0 Å². The molecule has 0 bridgehead atoms. The summed E-state index contributed by atoms with van der Waals surface area (Å²) in [7, 11) is 3.19. The molecule has 0 saturated carbocycles. The van der Waals surface area contributed by atoms with Crippen LogP contribution >= 0.6 is 24.0 Å². The maximum atomic E-state index is 12.8. The minimum atomic E-state index is -0.799. The first-order valence-corrected chi connectivity index (χ1v) is 9.81. The quantitative estimate of drug-likeness (QED) is 0.192. The summed E-state index contributed by atoms with van der Waals surface area (Å²) < 4.78 is 16.4. The summed E-state index contributed by atoms with van der Waals surface area (Å²) in [5.41, 5.74) is -1.41. The SMILES string of the molecule is CN=C(NCC(=O)NCCOC)NCC1C(C)OC(C)(C)N1C(=O)OC(C)(C)C.I. The standard InChI is InChI=1S/C19H37N5O5.HI/c1-13-14(24(19(5,6)28-13)17(26)29-18(2,3)4)11-22-16(20-7)23-12-15(25)21-9-10-27-8;/h13-14H,9-12H2,1-8H3,(H,21,25)(H2,20,22,23);1H. The van der Waals surface area contributed by atoms with Gasteiger partial charge in [0.2, 0.25) is 5.91 Å². The lowest BCUT2D eigenvalue weighted by molar-refractivity contribution is -0.120. The fourth-order valence-electron chi connectivity index (χ4n) is 3.06. The van der Waals surface area contributed by atoms with Gasteiger partial charge in [-0.25, -0.2) is 4.79 Å². The van der Waals surface area contributed by atoms with Crippen LogP contribution in [0.25, 0.3) is 0 Å². The molecule has 1 heterocycles. The van der Waals surface area contributed by atoms with Gasteiger partial charge in [0.05, 0.1) is 25.3 Å². The van der Waals surface area contributed by atoms with Crippen molar-refractivity contribution in [3.63, 3.8) is 0 Å². The largest absolute Gasteiger partial charge is 0.444 e. The number of ether oxygens (including phenoxy) is 3. The Hall–Kier alpha value is -1.34. The normalized spacial score (nSPS) is 20.9. The van der Waals surface area contributed by atoms with Crippen LogP contribution in [0.3, 0.4) is 0 Å². The van der Waals surface area contributed by atoms with E-state index in [4.69, 9.17) is 14.2 Å². The van der Waals surface area contributed by atoms with Gasteiger partial charge in [0.1, 0.15) is 11.3 Å². The third kappa shape index (κ3) is 9.21. The Morgan fingerprint density at radius 3 is 2.37 bits per heavy atom. The van der Waals surface area contributed by atoms with Gasteiger partial charge in [-0.3, -0.25) is 14.7 Å².